The van der Waals surface area contributed by atoms with Gasteiger partial charge in [0.2, 0.25) is 0 Å². The lowest BCUT2D eigenvalue weighted by molar-refractivity contribution is 0.279. The van der Waals surface area contributed by atoms with E-state index in [4.69, 9.17) is 0 Å². The molecule has 0 heterocycles. The summed E-state index contributed by atoms with van der Waals surface area (Å²) in [5, 5.41) is 9.58. The summed E-state index contributed by atoms with van der Waals surface area (Å²) in [5.74, 6) is 0.656. The molecule has 1 aliphatic rings. The number of aliphatic hydroxyl groups is 1. The second-order valence-corrected chi connectivity index (χ2v) is 4.02. The van der Waals surface area contributed by atoms with Crippen LogP contribution in [0.5, 0.6) is 0 Å². The Bertz CT molecular complexity index is 177. The minimum atomic E-state index is 0.247. The molecule has 0 unspecified atom stereocenters. The van der Waals surface area contributed by atoms with Crippen molar-refractivity contribution in [3.8, 4) is 0 Å². The van der Waals surface area contributed by atoms with E-state index < -0.39 is 0 Å². The zero-order valence-corrected chi connectivity index (χ0v) is 7.78. The Morgan fingerprint density at radius 1 is 1.45 bits per heavy atom. The van der Waals surface area contributed by atoms with Gasteiger partial charge in [-0.05, 0) is 30.3 Å². The quantitative estimate of drug-likeness (QED) is 0.613. The Hall–Kier alpha value is -0.460. The first-order valence-electron chi connectivity index (χ1n) is 4.49. The van der Waals surface area contributed by atoms with Gasteiger partial charge in [0.15, 0.2) is 0 Å². The average Bonchev–Trinajstić information content (AvgIpc) is 1.86. The maximum atomic E-state index is 9.58. The highest BCUT2D eigenvalue weighted by atomic mass is 16.3. The summed E-state index contributed by atoms with van der Waals surface area (Å²) in [5.41, 5.74) is 1.51. The Kier molecular flexibility index (Phi) is 2.26. The van der Waals surface area contributed by atoms with Crippen molar-refractivity contribution in [2.45, 2.75) is 46.5 Å². The Balaban J connectivity index is 2.92. The molecule has 0 aromatic carbocycles. The summed E-state index contributed by atoms with van der Waals surface area (Å²) in [6.07, 6.45) is 4.26. The molecule has 0 amide bonds. The topological polar surface area (TPSA) is 20.2 Å². The second kappa shape index (κ2) is 2.88. The highest BCUT2D eigenvalue weighted by Crippen LogP contribution is 2.40. The van der Waals surface area contributed by atoms with E-state index in [0.717, 1.165) is 19.3 Å². The van der Waals surface area contributed by atoms with Crippen molar-refractivity contribution in [1.29, 1.82) is 0 Å². The van der Waals surface area contributed by atoms with E-state index in [1.54, 1.807) is 0 Å². The van der Waals surface area contributed by atoms with Crippen molar-refractivity contribution < 1.29 is 5.11 Å². The summed E-state index contributed by atoms with van der Waals surface area (Å²) in [6, 6.07) is 0. The van der Waals surface area contributed by atoms with E-state index in [1.807, 2.05) is 0 Å². The molecule has 1 aliphatic carbocycles. The van der Waals surface area contributed by atoms with Gasteiger partial charge in [-0.15, -0.1) is 0 Å². The molecule has 0 aliphatic heterocycles. The van der Waals surface area contributed by atoms with Crippen molar-refractivity contribution in [1.82, 2.24) is 0 Å². The van der Waals surface area contributed by atoms with Crippen LogP contribution in [-0.4, -0.2) is 5.11 Å². The molecule has 0 fully saturated rings. The van der Waals surface area contributed by atoms with E-state index in [0.29, 0.717) is 5.76 Å². The van der Waals surface area contributed by atoms with Crippen molar-refractivity contribution >= 4 is 0 Å². The minimum Gasteiger partial charge on any atom is -0.512 e. The monoisotopic (exact) mass is 154 g/mol. The average molecular weight is 154 g/mol. The normalized spacial score (nSPS) is 23.9. The number of rotatable bonds is 1. The molecule has 1 nitrogen and oxygen atoms in total. The lowest BCUT2D eigenvalue weighted by atomic mass is 9.74. The molecule has 0 spiro atoms. The van der Waals surface area contributed by atoms with Crippen LogP contribution < -0.4 is 0 Å². The van der Waals surface area contributed by atoms with Gasteiger partial charge in [-0.3, -0.25) is 0 Å². The predicted molar refractivity (Wildman–Crippen MR) is 47.6 cm³/mol. The molecule has 11 heavy (non-hydrogen) atoms. The van der Waals surface area contributed by atoms with Crippen LogP contribution in [0.1, 0.15) is 46.5 Å². The molecule has 1 heteroatoms. The first kappa shape index (κ1) is 8.63. The molecule has 0 bridgehead atoms. The van der Waals surface area contributed by atoms with Crippen LogP contribution in [0.3, 0.4) is 0 Å². The van der Waals surface area contributed by atoms with E-state index in [9.17, 15) is 5.11 Å². The van der Waals surface area contributed by atoms with Gasteiger partial charge in [-0.1, -0.05) is 20.8 Å². The van der Waals surface area contributed by atoms with Crippen molar-refractivity contribution in [3.05, 3.63) is 11.3 Å². The van der Waals surface area contributed by atoms with Crippen LogP contribution in [0.25, 0.3) is 0 Å². The van der Waals surface area contributed by atoms with Crippen LogP contribution in [0.2, 0.25) is 0 Å². The van der Waals surface area contributed by atoms with Crippen molar-refractivity contribution in [2.24, 2.45) is 5.41 Å². The molecule has 0 aromatic rings. The zero-order chi connectivity index (χ0) is 8.48. The molecule has 0 atom stereocenters. The summed E-state index contributed by atoms with van der Waals surface area (Å²) < 4.78 is 0. The first-order valence-corrected chi connectivity index (χ1v) is 4.49. The van der Waals surface area contributed by atoms with Gasteiger partial charge in [0, 0.05) is 6.42 Å². The van der Waals surface area contributed by atoms with Crippen LogP contribution in [0.4, 0.5) is 0 Å². The largest absolute Gasteiger partial charge is 0.512 e. The number of hydrogen-bond acceptors (Lipinski definition) is 1. The van der Waals surface area contributed by atoms with E-state index >= 15 is 0 Å². The smallest absolute Gasteiger partial charge is 0.0919 e. The molecular formula is C10H18O. The Labute approximate surface area is 69.1 Å². The van der Waals surface area contributed by atoms with Crippen molar-refractivity contribution in [3.63, 3.8) is 0 Å². The molecule has 1 rings (SSSR count). The number of aliphatic hydroxyl groups excluding tert-OH is 1. The summed E-state index contributed by atoms with van der Waals surface area (Å²) in [4.78, 5) is 0. The SMILES string of the molecule is CCC1=C(O)CCCC1(C)C. The maximum Gasteiger partial charge on any atom is 0.0919 e. The number of allylic oxidation sites excluding steroid dienone is 2. The summed E-state index contributed by atoms with van der Waals surface area (Å²) in [7, 11) is 0. The van der Waals surface area contributed by atoms with Gasteiger partial charge in [-0.2, -0.15) is 0 Å². The maximum absolute atomic E-state index is 9.58. The highest BCUT2D eigenvalue weighted by molar-refractivity contribution is 5.18. The van der Waals surface area contributed by atoms with E-state index in [1.165, 1.54) is 12.0 Å². The third-order valence-electron chi connectivity index (χ3n) is 2.73. The van der Waals surface area contributed by atoms with E-state index in [2.05, 4.69) is 20.8 Å². The third-order valence-corrected chi connectivity index (χ3v) is 2.73. The summed E-state index contributed by atoms with van der Waals surface area (Å²) >= 11 is 0. The lowest BCUT2D eigenvalue weighted by Gasteiger charge is -2.32. The fourth-order valence-electron chi connectivity index (χ4n) is 2.07. The standard InChI is InChI=1S/C10H18O/c1-4-8-9(11)6-5-7-10(8,2)3/h11H,4-7H2,1-3H3. The fraction of sp³-hybridized carbons (Fsp3) is 0.800. The van der Waals surface area contributed by atoms with Crippen molar-refractivity contribution in [2.75, 3.05) is 0 Å². The van der Waals surface area contributed by atoms with Crippen LogP contribution in [-0.2, 0) is 0 Å². The summed E-state index contributed by atoms with van der Waals surface area (Å²) in [6.45, 7) is 6.57. The van der Waals surface area contributed by atoms with Gasteiger partial charge in [0.25, 0.3) is 0 Å². The van der Waals surface area contributed by atoms with Gasteiger partial charge in [0.05, 0.1) is 5.76 Å². The van der Waals surface area contributed by atoms with Crippen LogP contribution in [0, 0.1) is 5.41 Å². The minimum absolute atomic E-state index is 0.247. The predicted octanol–water partition coefficient (Wildman–Crippen LogP) is 3.42. The zero-order valence-electron chi connectivity index (χ0n) is 7.78. The molecule has 0 radical (unpaired) electrons. The Morgan fingerprint density at radius 2 is 2.09 bits per heavy atom. The Morgan fingerprint density at radius 3 is 2.45 bits per heavy atom. The molecule has 1 N–H and O–H groups in total. The van der Waals surface area contributed by atoms with Crippen LogP contribution in [0.15, 0.2) is 11.3 Å². The number of hydrogen-bond donors (Lipinski definition) is 1. The molecule has 0 aromatic heterocycles. The fourth-order valence-corrected chi connectivity index (χ4v) is 2.07. The third kappa shape index (κ3) is 1.58. The van der Waals surface area contributed by atoms with Gasteiger partial charge in [0.1, 0.15) is 0 Å². The van der Waals surface area contributed by atoms with Gasteiger partial charge < -0.3 is 5.11 Å². The lowest BCUT2D eigenvalue weighted by Crippen LogP contribution is -2.20. The molecule has 0 saturated heterocycles. The van der Waals surface area contributed by atoms with Gasteiger partial charge in [-0.25, -0.2) is 0 Å². The molecule has 0 saturated carbocycles. The second-order valence-electron chi connectivity index (χ2n) is 4.02. The highest BCUT2D eigenvalue weighted by Gasteiger charge is 2.28. The van der Waals surface area contributed by atoms with E-state index in [-0.39, 0.29) is 5.41 Å². The van der Waals surface area contributed by atoms with Crippen LogP contribution >= 0.6 is 0 Å². The van der Waals surface area contributed by atoms with Gasteiger partial charge >= 0.3 is 0 Å². The first-order chi connectivity index (χ1) is 5.08. The molecule has 64 valence electrons. The molecular weight excluding hydrogens is 136 g/mol.